The Bertz CT molecular complexity index is 1300. The molecule has 0 amide bonds. The molecule has 12 heteroatoms. The highest BCUT2D eigenvalue weighted by atomic mass is 32.2. The van der Waals surface area contributed by atoms with Crippen molar-refractivity contribution in [1.29, 1.82) is 0 Å². The second kappa shape index (κ2) is 9.71. The summed E-state index contributed by atoms with van der Waals surface area (Å²) in [6.45, 7) is 0.324. The number of tetrazole rings is 1. The predicted molar refractivity (Wildman–Crippen MR) is 126 cm³/mol. The lowest BCUT2D eigenvalue weighted by Gasteiger charge is -2.33. The average Bonchev–Trinajstić information content (AvgIpc) is 3.63. The smallest absolute Gasteiger partial charge is 0.453 e. The van der Waals surface area contributed by atoms with Gasteiger partial charge >= 0.3 is 12.1 Å². The summed E-state index contributed by atoms with van der Waals surface area (Å²) < 4.78 is 66.2. The number of hydrogen-bond donors (Lipinski definition) is 0. The predicted octanol–water partition coefficient (Wildman–Crippen LogP) is 5.15. The maximum absolute atomic E-state index is 13.7. The van der Waals surface area contributed by atoms with Gasteiger partial charge in [0.25, 0.3) is 5.82 Å². The molecule has 0 bridgehead atoms. The van der Waals surface area contributed by atoms with Gasteiger partial charge in [0.15, 0.2) is 0 Å². The molecule has 196 valence electrons. The number of esters is 1. The number of carbonyl (C=O) groups is 1. The van der Waals surface area contributed by atoms with Crippen LogP contribution in [0, 0.1) is 11.7 Å². The number of benzene rings is 2. The van der Waals surface area contributed by atoms with E-state index in [9.17, 15) is 22.4 Å². The summed E-state index contributed by atoms with van der Waals surface area (Å²) in [5.41, 5.74) is 1.11. The molecule has 1 unspecified atom stereocenters. The molecule has 0 radical (unpaired) electrons. The molecule has 1 aromatic heterocycles. The highest BCUT2D eigenvalue weighted by Crippen LogP contribution is 2.57. The molecule has 7 nitrogen and oxygen atoms in total. The zero-order chi connectivity index (χ0) is 26.4. The Balaban J connectivity index is 1.51. The van der Waals surface area contributed by atoms with Gasteiger partial charge in [0, 0.05) is 16.7 Å². The van der Waals surface area contributed by atoms with Crippen LogP contribution in [0.1, 0.15) is 48.0 Å². The van der Waals surface area contributed by atoms with Crippen molar-refractivity contribution in [3.8, 4) is 5.69 Å². The summed E-state index contributed by atoms with van der Waals surface area (Å²) in [7, 11) is 1.35. The maximum Gasteiger partial charge on any atom is 0.453 e. The van der Waals surface area contributed by atoms with Crippen molar-refractivity contribution in [2.75, 3.05) is 20.0 Å². The summed E-state index contributed by atoms with van der Waals surface area (Å²) in [5, 5.41) is 9.93. The van der Waals surface area contributed by atoms with Crippen LogP contribution in [0.4, 0.5) is 17.6 Å². The monoisotopic (exact) mass is 536 g/mol. The molecule has 3 aromatic rings. The van der Waals surface area contributed by atoms with Crippen LogP contribution in [-0.4, -0.2) is 51.8 Å². The fourth-order valence-electron chi connectivity index (χ4n) is 5.80. The summed E-state index contributed by atoms with van der Waals surface area (Å²) in [5.74, 6) is -2.87. The van der Waals surface area contributed by atoms with Crippen molar-refractivity contribution >= 4 is 17.7 Å². The lowest BCUT2D eigenvalue weighted by atomic mass is 9.76. The van der Waals surface area contributed by atoms with Crippen molar-refractivity contribution in [2.24, 2.45) is 5.92 Å². The molecule has 1 saturated carbocycles. The van der Waals surface area contributed by atoms with Crippen molar-refractivity contribution in [3.05, 3.63) is 65.2 Å². The highest BCUT2D eigenvalue weighted by Gasteiger charge is 2.56. The van der Waals surface area contributed by atoms with Gasteiger partial charge in [-0.05, 0) is 77.4 Å². The molecule has 4 atom stereocenters. The van der Waals surface area contributed by atoms with Gasteiger partial charge in [0.1, 0.15) is 5.82 Å². The zero-order valence-corrected chi connectivity index (χ0v) is 20.9. The Hall–Kier alpha value is -2.99. The third-order valence-corrected chi connectivity index (χ3v) is 8.18. The van der Waals surface area contributed by atoms with Crippen LogP contribution in [-0.2, 0) is 20.4 Å². The largest absolute Gasteiger partial charge is 0.469 e. The molecule has 1 spiro atoms. The molecule has 2 aliphatic rings. The van der Waals surface area contributed by atoms with Crippen molar-refractivity contribution in [3.63, 3.8) is 0 Å². The number of methoxy groups -OCH3 is 1. The van der Waals surface area contributed by atoms with Gasteiger partial charge in [0.05, 0.1) is 30.9 Å². The standard InChI is InChI=1S/C25H24F4N4O3S/c1-35-22(34)18-9-10-24(21(18)14-3-5-16(26)6-4-14)12-15(13-36-24)19-11-17(7-8-20(19)37-2)33-23(25(27,28)29)30-31-32-33/h3-8,11,15,18,21H,9-10,12-13H2,1-2H3/t15-,18?,21+,24+/m0/s1. The quantitative estimate of drug-likeness (QED) is 0.254. The van der Waals surface area contributed by atoms with Crippen molar-refractivity contribution < 1.29 is 31.8 Å². The first-order valence-electron chi connectivity index (χ1n) is 11.7. The van der Waals surface area contributed by atoms with Gasteiger partial charge < -0.3 is 9.47 Å². The minimum Gasteiger partial charge on any atom is -0.469 e. The molecule has 2 fully saturated rings. The molecular formula is C25H24F4N4O3S. The summed E-state index contributed by atoms with van der Waals surface area (Å²) in [4.78, 5) is 13.6. The molecule has 1 aliphatic heterocycles. The number of aromatic nitrogens is 4. The van der Waals surface area contributed by atoms with Gasteiger partial charge in [-0.1, -0.05) is 12.1 Å². The Kier molecular flexibility index (Phi) is 6.73. The van der Waals surface area contributed by atoms with Crippen LogP contribution >= 0.6 is 11.8 Å². The molecular weight excluding hydrogens is 512 g/mol. The van der Waals surface area contributed by atoms with E-state index in [-0.39, 0.29) is 29.3 Å². The van der Waals surface area contributed by atoms with E-state index in [1.54, 1.807) is 30.3 Å². The maximum atomic E-state index is 13.7. The normalized spacial score (nSPS) is 25.6. The van der Waals surface area contributed by atoms with Crippen LogP contribution in [0.3, 0.4) is 0 Å². The number of rotatable bonds is 5. The fraction of sp³-hybridized carbons (Fsp3) is 0.440. The zero-order valence-electron chi connectivity index (χ0n) is 20.0. The van der Waals surface area contributed by atoms with E-state index in [1.807, 2.05) is 6.26 Å². The van der Waals surface area contributed by atoms with Gasteiger partial charge in [-0.15, -0.1) is 16.9 Å². The van der Waals surface area contributed by atoms with Gasteiger partial charge in [-0.25, -0.2) is 4.39 Å². The minimum absolute atomic E-state index is 0.146. The molecule has 2 aromatic carbocycles. The molecule has 0 N–H and O–H groups in total. The first-order valence-corrected chi connectivity index (χ1v) is 12.9. The Labute approximate surface area is 214 Å². The fourth-order valence-corrected chi connectivity index (χ4v) is 6.47. The first kappa shape index (κ1) is 25.7. The number of thioether (sulfide) groups is 1. The summed E-state index contributed by atoms with van der Waals surface area (Å²) >= 11 is 1.48. The van der Waals surface area contributed by atoms with Crippen LogP contribution in [0.2, 0.25) is 0 Å². The number of ether oxygens (including phenoxy) is 2. The van der Waals surface area contributed by atoms with Crippen molar-refractivity contribution in [2.45, 2.75) is 47.8 Å². The van der Waals surface area contributed by atoms with E-state index in [4.69, 9.17) is 9.47 Å². The second-order valence-corrected chi connectivity index (χ2v) is 10.2. The molecule has 2 heterocycles. The molecule has 5 rings (SSSR count). The number of nitrogens with zero attached hydrogens (tertiary/aromatic N) is 4. The lowest BCUT2D eigenvalue weighted by molar-refractivity contribution is -0.147. The molecule has 1 saturated heterocycles. The van der Waals surface area contributed by atoms with E-state index >= 15 is 0 Å². The van der Waals surface area contributed by atoms with Gasteiger partial charge in [0.2, 0.25) is 0 Å². The van der Waals surface area contributed by atoms with E-state index < -0.39 is 23.5 Å². The lowest BCUT2D eigenvalue weighted by Crippen LogP contribution is -2.35. The highest BCUT2D eigenvalue weighted by molar-refractivity contribution is 7.98. The van der Waals surface area contributed by atoms with Gasteiger partial charge in [-0.3, -0.25) is 4.79 Å². The second-order valence-electron chi connectivity index (χ2n) is 9.31. The van der Waals surface area contributed by atoms with E-state index in [1.165, 1.54) is 31.0 Å². The average molecular weight is 537 g/mol. The third kappa shape index (κ3) is 4.61. The molecule has 37 heavy (non-hydrogen) atoms. The first-order chi connectivity index (χ1) is 17.7. The number of hydrogen-bond acceptors (Lipinski definition) is 7. The van der Waals surface area contributed by atoms with E-state index in [0.717, 1.165) is 16.0 Å². The van der Waals surface area contributed by atoms with Crippen LogP contribution < -0.4 is 0 Å². The Morgan fingerprint density at radius 1 is 1.22 bits per heavy atom. The molecule has 1 aliphatic carbocycles. The van der Waals surface area contributed by atoms with Crippen molar-refractivity contribution in [1.82, 2.24) is 20.2 Å². The topological polar surface area (TPSA) is 79.1 Å². The number of carbonyl (C=O) groups excluding carboxylic acids is 1. The Morgan fingerprint density at radius 3 is 2.65 bits per heavy atom. The Morgan fingerprint density at radius 2 is 1.97 bits per heavy atom. The summed E-state index contributed by atoms with van der Waals surface area (Å²) in [6.07, 6.45) is -1.12. The minimum atomic E-state index is -4.71. The van der Waals surface area contributed by atoms with E-state index in [2.05, 4.69) is 15.5 Å². The van der Waals surface area contributed by atoms with E-state index in [0.29, 0.717) is 30.6 Å². The third-order valence-electron chi connectivity index (χ3n) is 7.37. The SMILES string of the molecule is COC(=O)C1CC[C@@]2(C[C@H](c3cc(-n4nnnc4C(F)(F)F)ccc3SC)CO2)[C@@H]1c1ccc(F)cc1. The summed E-state index contributed by atoms with van der Waals surface area (Å²) in [6, 6.07) is 11.0. The number of alkyl halides is 3. The van der Waals surface area contributed by atoms with Gasteiger partial charge in [-0.2, -0.15) is 17.9 Å². The van der Waals surface area contributed by atoms with Crippen LogP contribution in [0.15, 0.2) is 47.4 Å². The van der Waals surface area contributed by atoms with Crippen LogP contribution in [0.25, 0.3) is 5.69 Å². The van der Waals surface area contributed by atoms with Crippen LogP contribution in [0.5, 0.6) is 0 Å². The number of halogens is 4.